The predicted molar refractivity (Wildman–Crippen MR) is 109 cm³/mol. The van der Waals surface area contributed by atoms with Crippen LogP contribution in [0.2, 0.25) is 0 Å². The van der Waals surface area contributed by atoms with Gasteiger partial charge in [-0.25, -0.2) is 9.78 Å². The minimum atomic E-state index is -0.0378. The highest BCUT2D eigenvalue weighted by molar-refractivity contribution is 5.78. The van der Waals surface area contributed by atoms with Crippen molar-refractivity contribution in [2.45, 2.75) is 25.4 Å². The minimum absolute atomic E-state index is 0.0378. The number of imidazole rings is 1. The SMILES string of the molecule is CN(C(=O)n1cnc(-c2cccnc2)c1)C1CCN(Cc2ccccc2)CC1. The predicted octanol–water partition coefficient (Wildman–Crippen LogP) is 3.51. The highest BCUT2D eigenvalue weighted by atomic mass is 16.2. The summed E-state index contributed by atoms with van der Waals surface area (Å²) in [5, 5.41) is 0. The molecular formula is C22H25N5O. The Labute approximate surface area is 165 Å². The molecule has 4 rings (SSSR count). The van der Waals surface area contributed by atoms with E-state index in [1.807, 2.05) is 30.1 Å². The lowest BCUT2D eigenvalue weighted by molar-refractivity contribution is 0.132. The molecule has 3 aromatic rings. The number of rotatable bonds is 4. The number of aromatic nitrogens is 3. The van der Waals surface area contributed by atoms with E-state index in [1.54, 1.807) is 29.5 Å². The van der Waals surface area contributed by atoms with Gasteiger partial charge in [0.05, 0.1) is 5.69 Å². The van der Waals surface area contributed by atoms with Gasteiger partial charge < -0.3 is 4.90 Å². The van der Waals surface area contributed by atoms with E-state index in [1.165, 1.54) is 5.56 Å². The van der Waals surface area contributed by atoms with E-state index in [0.29, 0.717) is 0 Å². The van der Waals surface area contributed by atoms with Crippen molar-refractivity contribution in [2.24, 2.45) is 0 Å². The van der Waals surface area contributed by atoms with Gasteiger partial charge in [0.25, 0.3) is 0 Å². The Morgan fingerprint density at radius 3 is 2.64 bits per heavy atom. The van der Waals surface area contributed by atoms with E-state index in [2.05, 4.69) is 39.1 Å². The Balaban J connectivity index is 1.34. The lowest BCUT2D eigenvalue weighted by Gasteiger charge is -2.36. The zero-order chi connectivity index (χ0) is 19.3. The molecule has 0 radical (unpaired) electrons. The second kappa shape index (κ2) is 8.35. The molecule has 0 bridgehead atoms. The van der Waals surface area contributed by atoms with Gasteiger partial charge in [0.2, 0.25) is 0 Å². The average Bonchev–Trinajstić information content (AvgIpc) is 3.25. The molecule has 6 nitrogen and oxygen atoms in total. The highest BCUT2D eigenvalue weighted by Gasteiger charge is 2.26. The van der Waals surface area contributed by atoms with Crippen molar-refractivity contribution < 1.29 is 4.79 Å². The van der Waals surface area contributed by atoms with Crippen molar-refractivity contribution in [1.29, 1.82) is 0 Å². The first-order valence-electron chi connectivity index (χ1n) is 9.68. The lowest BCUT2D eigenvalue weighted by Crippen LogP contribution is -2.46. The lowest BCUT2D eigenvalue weighted by atomic mass is 10.0. The molecule has 28 heavy (non-hydrogen) atoms. The fraction of sp³-hybridized carbons (Fsp3) is 0.318. The van der Waals surface area contributed by atoms with E-state index >= 15 is 0 Å². The number of pyridine rings is 1. The smallest absolute Gasteiger partial charge is 0.324 e. The van der Waals surface area contributed by atoms with Crippen LogP contribution in [0.15, 0.2) is 67.4 Å². The first-order chi connectivity index (χ1) is 13.7. The third kappa shape index (κ3) is 4.12. The summed E-state index contributed by atoms with van der Waals surface area (Å²) in [4.78, 5) is 25.7. The maximum Gasteiger partial charge on any atom is 0.329 e. The summed E-state index contributed by atoms with van der Waals surface area (Å²) in [7, 11) is 1.89. The summed E-state index contributed by atoms with van der Waals surface area (Å²) in [6.07, 6.45) is 8.82. The molecule has 0 saturated carbocycles. The Kier molecular flexibility index (Phi) is 5.48. The summed E-state index contributed by atoms with van der Waals surface area (Å²) >= 11 is 0. The Bertz CT molecular complexity index is 901. The Hall–Kier alpha value is -2.99. The molecule has 1 aliphatic rings. The monoisotopic (exact) mass is 375 g/mol. The highest BCUT2D eigenvalue weighted by Crippen LogP contribution is 2.20. The van der Waals surface area contributed by atoms with Crippen LogP contribution >= 0.6 is 0 Å². The summed E-state index contributed by atoms with van der Waals surface area (Å²) in [5.74, 6) is 0. The molecule has 1 saturated heterocycles. The second-order valence-electron chi connectivity index (χ2n) is 7.29. The number of hydrogen-bond donors (Lipinski definition) is 0. The molecule has 0 atom stereocenters. The third-order valence-corrected chi connectivity index (χ3v) is 5.42. The molecule has 0 spiro atoms. The molecule has 2 aromatic heterocycles. The molecule has 6 heteroatoms. The molecule has 1 fully saturated rings. The largest absolute Gasteiger partial charge is 0.329 e. The van der Waals surface area contributed by atoms with Gasteiger partial charge in [-0.3, -0.25) is 14.5 Å². The fourth-order valence-corrected chi connectivity index (χ4v) is 3.74. The van der Waals surface area contributed by atoms with Crippen LogP contribution < -0.4 is 0 Å². The average molecular weight is 375 g/mol. The van der Waals surface area contributed by atoms with Crippen molar-refractivity contribution in [1.82, 2.24) is 24.3 Å². The molecule has 3 heterocycles. The Morgan fingerprint density at radius 1 is 1.14 bits per heavy atom. The van der Waals surface area contributed by atoms with E-state index < -0.39 is 0 Å². The van der Waals surface area contributed by atoms with Gasteiger partial charge in [-0.05, 0) is 30.5 Å². The normalized spacial score (nSPS) is 15.5. The summed E-state index contributed by atoms with van der Waals surface area (Å²) < 4.78 is 1.57. The molecule has 0 aliphatic carbocycles. The van der Waals surface area contributed by atoms with Crippen molar-refractivity contribution in [2.75, 3.05) is 20.1 Å². The summed E-state index contributed by atoms with van der Waals surface area (Å²) in [6.45, 7) is 2.98. The van der Waals surface area contributed by atoms with Crippen molar-refractivity contribution >= 4 is 6.03 Å². The Morgan fingerprint density at radius 2 is 1.93 bits per heavy atom. The van der Waals surface area contributed by atoms with Crippen molar-refractivity contribution in [3.63, 3.8) is 0 Å². The molecule has 0 N–H and O–H groups in total. The minimum Gasteiger partial charge on any atom is -0.324 e. The zero-order valence-corrected chi connectivity index (χ0v) is 16.1. The number of benzene rings is 1. The number of carbonyl (C=O) groups excluding carboxylic acids is 1. The van der Waals surface area contributed by atoms with Crippen LogP contribution in [0.3, 0.4) is 0 Å². The van der Waals surface area contributed by atoms with Crippen LogP contribution in [-0.4, -0.2) is 56.5 Å². The zero-order valence-electron chi connectivity index (χ0n) is 16.1. The van der Waals surface area contributed by atoms with Crippen molar-refractivity contribution in [3.8, 4) is 11.3 Å². The molecule has 1 amide bonds. The van der Waals surface area contributed by atoms with Gasteiger partial charge in [-0.15, -0.1) is 0 Å². The van der Waals surface area contributed by atoms with Crippen LogP contribution in [0, 0.1) is 0 Å². The van der Waals surface area contributed by atoms with Gasteiger partial charge in [0.1, 0.15) is 6.33 Å². The first kappa shape index (κ1) is 18.4. The standard InChI is InChI=1S/C22H25N5O/c1-25(20-9-12-26(13-10-20)15-18-6-3-2-4-7-18)22(28)27-16-21(24-17-27)19-8-5-11-23-14-19/h2-8,11,14,16-17,20H,9-10,12-13,15H2,1H3. The van der Waals surface area contributed by atoms with Crippen LogP contribution in [0.5, 0.6) is 0 Å². The maximum atomic E-state index is 12.9. The summed E-state index contributed by atoms with van der Waals surface area (Å²) in [5.41, 5.74) is 3.00. The van der Waals surface area contributed by atoms with E-state index in [0.717, 1.165) is 43.7 Å². The van der Waals surface area contributed by atoms with Crippen LogP contribution in [-0.2, 0) is 6.54 Å². The molecular weight excluding hydrogens is 350 g/mol. The number of likely N-dealkylation sites (tertiary alicyclic amines) is 1. The van der Waals surface area contributed by atoms with Gasteiger partial charge in [0.15, 0.2) is 0 Å². The van der Waals surface area contributed by atoms with Crippen LogP contribution in [0.4, 0.5) is 4.79 Å². The molecule has 0 unspecified atom stereocenters. The molecule has 1 aliphatic heterocycles. The van der Waals surface area contributed by atoms with E-state index in [4.69, 9.17) is 0 Å². The van der Waals surface area contributed by atoms with Crippen LogP contribution in [0.1, 0.15) is 18.4 Å². The van der Waals surface area contributed by atoms with E-state index in [-0.39, 0.29) is 12.1 Å². The van der Waals surface area contributed by atoms with Gasteiger partial charge in [0, 0.05) is 56.9 Å². The van der Waals surface area contributed by atoms with Crippen LogP contribution in [0.25, 0.3) is 11.3 Å². The van der Waals surface area contributed by atoms with Gasteiger partial charge in [-0.2, -0.15) is 0 Å². The molecule has 144 valence electrons. The maximum absolute atomic E-state index is 12.9. The third-order valence-electron chi connectivity index (χ3n) is 5.42. The first-order valence-corrected chi connectivity index (χ1v) is 9.68. The number of carbonyl (C=O) groups is 1. The van der Waals surface area contributed by atoms with Gasteiger partial charge >= 0.3 is 6.03 Å². The quantitative estimate of drug-likeness (QED) is 0.700. The second-order valence-corrected chi connectivity index (χ2v) is 7.29. The number of nitrogens with zero attached hydrogens (tertiary/aromatic N) is 5. The van der Waals surface area contributed by atoms with E-state index in [9.17, 15) is 4.79 Å². The molecule has 1 aromatic carbocycles. The number of hydrogen-bond acceptors (Lipinski definition) is 4. The topological polar surface area (TPSA) is 54.3 Å². The fourth-order valence-electron chi connectivity index (χ4n) is 3.74. The summed E-state index contributed by atoms with van der Waals surface area (Å²) in [6, 6.07) is 14.6. The van der Waals surface area contributed by atoms with Gasteiger partial charge in [-0.1, -0.05) is 30.3 Å². The van der Waals surface area contributed by atoms with Crippen molar-refractivity contribution in [3.05, 3.63) is 72.9 Å². The number of amides is 1. The number of piperidine rings is 1.